The van der Waals surface area contributed by atoms with Gasteiger partial charge in [0.2, 0.25) is 0 Å². The van der Waals surface area contributed by atoms with Crippen molar-refractivity contribution in [2.45, 2.75) is 18.9 Å². The molecular weight excluding hydrogens is 318 g/mol. The van der Waals surface area contributed by atoms with Crippen molar-refractivity contribution in [2.75, 3.05) is 43.6 Å². The number of hydrogen-bond acceptors (Lipinski definition) is 3. The molecule has 1 aliphatic rings. The Balaban J connectivity index is 1.87. The minimum Gasteiger partial charge on any atom is -0.365 e. The molecular formula is C16H24F2N4S. The van der Waals surface area contributed by atoms with Gasteiger partial charge in [0.05, 0.1) is 0 Å². The number of benzene rings is 1. The van der Waals surface area contributed by atoms with Crippen molar-refractivity contribution in [1.82, 2.24) is 10.6 Å². The summed E-state index contributed by atoms with van der Waals surface area (Å²) in [4.78, 5) is 5.96. The molecule has 1 unspecified atom stereocenters. The topological polar surface area (TPSA) is 39.7 Å². The van der Waals surface area contributed by atoms with E-state index in [1.54, 1.807) is 11.9 Å². The van der Waals surface area contributed by atoms with Crippen molar-refractivity contribution < 1.29 is 8.78 Å². The fraction of sp³-hybridized carbons (Fsp3) is 0.562. The third-order valence-electron chi connectivity index (χ3n) is 3.82. The van der Waals surface area contributed by atoms with Gasteiger partial charge in [0, 0.05) is 32.7 Å². The zero-order valence-corrected chi connectivity index (χ0v) is 14.4. The van der Waals surface area contributed by atoms with E-state index in [0.717, 1.165) is 31.1 Å². The molecule has 7 heteroatoms. The quantitative estimate of drug-likeness (QED) is 0.473. The van der Waals surface area contributed by atoms with Gasteiger partial charge in [0.1, 0.15) is 17.3 Å². The molecule has 0 radical (unpaired) electrons. The average Bonchev–Trinajstić information content (AvgIpc) is 2.98. The first-order valence-corrected chi connectivity index (χ1v) is 9.20. The predicted molar refractivity (Wildman–Crippen MR) is 94.5 cm³/mol. The van der Waals surface area contributed by atoms with Gasteiger partial charge in [-0.1, -0.05) is 6.07 Å². The van der Waals surface area contributed by atoms with E-state index in [2.05, 4.69) is 21.9 Å². The first kappa shape index (κ1) is 17.8. The number of aliphatic imine (C=N–C) groups is 1. The summed E-state index contributed by atoms with van der Waals surface area (Å²) in [5.74, 6) is 0.829. The summed E-state index contributed by atoms with van der Waals surface area (Å²) in [6, 6.07) is 4.11. The number of thioether (sulfide) groups is 1. The molecule has 1 aliphatic heterocycles. The maximum absolute atomic E-state index is 13.9. The van der Waals surface area contributed by atoms with Crippen LogP contribution in [0.5, 0.6) is 0 Å². The van der Waals surface area contributed by atoms with E-state index in [-0.39, 0.29) is 11.7 Å². The van der Waals surface area contributed by atoms with Crippen LogP contribution >= 0.6 is 11.8 Å². The maximum atomic E-state index is 13.9. The molecule has 128 valence electrons. The lowest BCUT2D eigenvalue weighted by Crippen LogP contribution is -2.45. The Labute approximate surface area is 140 Å². The standard InChI is InChI=1S/C16H24F2N4S/c1-19-16(20-8-4-10-23-2)21-12-7-9-22(11-12)15-13(17)5-3-6-14(15)18/h3,5-6,12H,4,7-11H2,1-2H3,(H2,19,20,21). The summed E-state index contributed by atoms with van der Waals surface area (Å²) in [5.41, 5.74) is 0.0692. The van der Waals surface area contributed by atoms with E-state index >= 15 is 0 Å². The highest BCUT2D eigenvalue weighted by molar-refractivity contribution is 7.98. The fourth-order valence-electron chi connectivity index (χ4n) is 2.68. The lowest BCUT2D eigenvalue weighted by atomic mass is 10.2. The van der Waals surface area contributed by atoms with Crippen molar-refractivity contribution in [3.05, 3.63) is 29.8 Å². The van der Waals surface area contributed by atoms with Gasteiger partial charge in [-0.2, -0.15) is 11.8 Å². The number of anilines is 1. The molecule has 0 aliphatic carbocycles. The second-order valence-electron chi connectivity index (χ2n) is 5.49. The fourth-order valence-corrected chi connectivity index (χ4v) is 3.12. The molecule has 23 heavy (non-hydrogen) atoms. The average molecular weight is 342 g/mol. The van der Waals surface area contributed by atoms with Crippen LogP contribution in [0.15, 0.2) is 23.2 Å². The largest absolute Gasteiger partial charge is 0.365 e. The molecule has 4 nitrogen and oxygen atoms in total. The van der Waals surface area contributed by atoms with Gasteiger partial charge in [-0.3, -0.25) is 4.99 Å². The number of para-hydroxylation sites is 1. The Morgan fingerprint density at radius 3 is 2.78 bits per heavy atom. The molecule has 0 saturated carbocycles. The first-order valence-electron chi connectivity index (χ1n) is 7.80. The van der Waals surface area contributed by atoms with E-state index in [9.17, 15) is 8.78 Å². The summed E-state index contributed by atoms with van der Waals surface area (Å²) in [6.45, 7) is 2.04. The van der Waals surface area contributed by atoms with Gasteiger partial charge in [0.25, 0.3) is 0 Å². The lowest BCUT2D eigenvalue weighted by Gasteiger charge is -2.21. The Morgan fingerprint density at radius 1 is 1.39 bits per heavy atom. The van der Waals surface area contributed by atoms with Gasteiger partial charge < -0.3 is 15.5 Å². The second kappa shape index (κ2) is 8.96. The van der Waals surface area contributed by atoms with Gasteiger partial charge in [-0.05, 0) is 37.0 Å². The SMILES string of the molecule is CN=C(NCCCSC)NC1CCN(c2c(F)cccc2F)C1. The Kier molecular flexibility index (Phi) is 6.95. The lowest BCUT2D eigenvalue weighted by molar-refractivity contribution is 0.576. The number of rotatable bonds is 6. The molecule has 1 heterocycles. The van der Waals surface area contributed by atoms with E-state index in [1.165, 1.54) is 18.2 Å². The molecule has 0 bridgehead atoms. The van der Waals surface area contributed by atoms with Gasteiger partial charge in [0.15, 0.2) is 5.96 Å². The molecule has 0 aromatic heterocycles. The van der Waals surface area contributed by atoms with E-state index in [1.807, 2.05) is 11.8 Å². The minimum absolute atomic E-state index is 0.0692. The minimum atomic E-state index is -0.509. The molecule has 1 aromatic carbocycles. The van der Waals surface area contributed by atoms with Crippen LogP contribution in [0.25, 0.3) is 0 Å². The third-order valence-corrected chi connectivity index (χ3v) is 4.52. The van der Waals surface area contributed by atoms with E-state index in [0.29, 0.717) is 13.1 Å². The Morgan fingerprint density at radius 2 is 2.13 bits per heavy atom. The second-order valence-corrected chi connectivity index (χ2v) is 6.48. The van der Waals surface area contributed by atoms with Crippen LogP contribution in [-0.2, 0) is 0 Å². The van der Waals surface area contributed by atoms with Crippen LogP contribution < -0.4 is 15.5 Å². The summed E-state index contributed by atoms with van der Waals surface area (Å²) in [5, 5.41) is 6.59. The van der Waals surface area contributed by atoms with Crippen LogP contribution in [-0.4, -0.2) is 50.7 Å². The third kappa shape index (κ3) is 4.99. The van der Waals surface area contributed by atoms with Crippen LogP contribution in [0.1, 0.15) is 12.8 Å². The Hall–Kier alpha value is -1.50. The smallest absolute Gasteiger partial charge is 0.191 e. The van der Waals surface area contributed by atoms with Crippen molar-refractivity contribution in [3.63, 3.8) is 0 Å². The van der Waals surface area contributed by atoms with Crippen molar-refractivity contribution in [2.24, 2.45) is 4.99 Å². The number of guanidine groups is 1. The maximum Gasteiger partial charge on any atom is 0.191 e. The van der Waals surface area contributed by atoms with Gasteiger partial charge in [-0.25, -0.2) is 8.78 Å². The summed E-state index contributed by atoms with van der Waals surface area (Å²) >= 11 is 1.82. The summed E-state index contributed by atoms with van der Waals surface area (Å²) < 4.78 is 27.7. The summed E-state index contributed by atoms with van der Waals surface area (Å²) in [7, 11) is 1.73. The number of nitrogens with one attached hydrogen (secondary N) is 2. The van der Waals surface area contributed by atoms with Gasteiger partial charge >= 0.3 is 0 Å². The molecule has 1 fully saturated rings. The molecule has 0 amide bonds. The number of hydrogen-bond donors (Lipinski definition) is 2. The molecule has 2 rings (SSSR count). The van der Waals surface area contributed by atoms with Crippen LogP contribution in [0, 0.1) is 11.6 Å². The molecule has 2 N–H and O–H groups in total. The van der Waals surface area contributed by atoms with Crippen LogP contribution in [0.4, 0.5) is 14.5 Å². The Bertz CT molecular complexity index is 519. The van der Waals surface area contributed by atoms with Crippen LogP contribution in [0.2, 0.25) is 0 Å². The zero-order valence-electron chi connectivity index (χ0n) is 13.6. The zero-order chi connectivity index (χ0) is 16.7. The van der Waals surface area contributed by atoms with Crippen molar-refractivity contribution >= 4 is 23.4 Å². The van der Waals surface area contributed by atoms with E-state index in [4.69, 9.17) is 0 Å². The highest BCUT2D eigenvalue weighted by Crippen LogP contribution is 2.26. The monoisotopic (exact) mass is 342 g/mol. The van der Waals surface area contributed by atoms with Gasteiger partial charge in [-0.15, -0.1) is 0 Å². The van der Waals surface area contributed by atoms with E-state index < -0.39 is 11.6 Å². The van der Waals surface area contributed by atoms with Crippen molar-refractivity contribution in [3.8, 4) is 0 Å². The number of nitrogens with zero attached hydrogens (tertiary/aromatic N) is 2. The molecule has 1 atom stereocenters. The molecule has 0 spiro atoms. The number of halogens is 2. The molecule has 1 aromatic rings. The highest BCUT2D eigenvalue weighted by Gasteiger charge is 2.27. The normalized spacial score (nSPS) is 18.3. The highest BCUT2D eigenvalue weighted by atomic mass is 32.2. The van der Waals surface area contributed by atoms with Crippen LogP contribution in [0.3, 0.4) is 0 Å². The molecule has 1 saturated heterocycles. The first-order chi connectivity index (χ1) is 11.2. The summed E-state index contributed by atoms with van der Waals surface area (Å²) in [6.07, 6.45) is 3.97. The van der Waals surface area contributed by atoms with Crippen molar-refractivity contribution in [1.29, 1.82) is 0 Å². The predicted octanol–water partition coefficient (Wildman–Crippen LogP) is 2.46.